The Morgan fingerprint density at radius 3 is 2.40 bits per heavy atom. The molecule has 1 N–H and O–H groups in total. The van der Waals surface area contributed by atoms with Crippen LogP contribution in [0.25, 0.3) is 22.1 Å². The first-order chi connectivity index (χ1) is 9.65. The van der Waals surface area contributed by atoms with Crippen molar-refractivity contribution in [2.75, 3.05) is 0 Å². The molecule has 0 aliphatic rings. The van der Waals surface area contributed by atoms with Gasteiger partial charge >= 0.3 is 5.97 Å². The number of carboxylic acids is 1. The predicted molar refractivity (Wildman–Crippen MR) is 74.9 cm³/mol. The Bertz CT molecular complexity index is 847. The molecule has 0 spiro atoms. The third-order valence-corrected chi connectivity index (χ3v) is 3.05. The molecule has 2 aromatic carbocycles. The van der Waals surface area contributed by atoms with Crippen molar-refractivity contribution in [3.05, 3.63) is 70.6 Å². The molecule has 0 bridgehead atoms. The maximum absolute atomic E-state index is 12.0. The van der Waals surface area contributed by atoms with Gasteiger partial charge in [0.05, 0.1) is 5.39 Å². The lowest BCUT2D eigenvalue weighted by atomic mass is 10.0. The Labute approximate surface area is 113 Å². The standard InChI is InChI=1S/C16H10O4/c17-13-9-15(16(18)19)20-14-7-6-11(8-12(13)14)10-4-2-1-3-5-10/h1-9H,(H,18,19). The van der Waals surface area contributed by atoms with Gasteiger partial charge in [-0.1, -0.05) is 36.4 Å². The van der Waals surface area contributed by atoms with E-state index < -0.39 is 5.97 Å². The third-order valence-electron chi connectivity index (χ3n) is 3.05. The highest BCUT2D eigenvalue weighted by Gasteiger charge is 2.11. The topological polar surface area (TPSA) is 67.5 Å². The van der Waals surface area contributed by atoms with Crippen molar-refractivity contribution in [2.24, 2.45) is 0 Å². The van der Waals surface area contributed by atoms with E-state index in [0.29, 0.717) is 5.39 Å². The van der Waals surface area contributed by atoms with Gasteiger partial charge < -0.3 is 9.52 Å². The van der Waals surface area contributed by atoms with E-state index in [0.717, 1.165) is 17.2 Å². The molecule has 0 amide bonds. The average Bonchev–Trinajstić information content (AvgIpc) is 2.47. The van der Waals surface area contributed by atoms with Crippen LogP contribution in [0.15, 0.2) is 63.8 Å². The fourth-order valence-corrected chi connectivity index (χ4v) is 2.07. The lowest BCUT2D eigenvalue weighted by Gasteiger charge is -2.04. The maximum Gasteiger partial charge on any atom is 0.371 e. The van der Waals surface area contributed by atoms with E-state index in [1.165, 1.54) is 0 Å². The van der Waals surface area contributed by atoms with Crippen LogP contribution >= 0.6 is 0 Å². The van der Waals surface area contributed by atoms with Crippen LogP contribution in [0.1, 0.15) is 10.6 Å². The van der Waals surface area contributed by atoms with Crippen LogP contribution in [0.3, 0.4) is 0 Å². The van der Waals surface area contributed by atoms with Gasteiger partial charge in [0.1, 0.15) is 5.58 Å². The lowest BCUT2D eigenvalue weighted by Crippen LogP contribution is -2.06. The van der Waals surface area contributed by atoms with E-state index in [1.807, 2.05) is 30.3 Å². The largest absolute Gasteiger partial charge is 0.475 e. The Hall–Kier alpha value is -2.88. The number of hydrogen-bond acceptors (Lipinski definition) is 3. The van der Waals surface area contributed by atoms with Crippen molar-refractivity contribution >= 4 is 16.9 Å². The van der Waals surface area contributed by atoms with Crippen LogP contribution in [-0.4, -0.2) is 11.1 Å². The quantitative estimate of drug-likeness (QED) is 0.773. The third kappa shape index (κ3) is 2.07. The highest BCUT2D eigenvalue weighted by Crippen LogP contribution is 2.23. The van der Waals surface area contributed by atoms with Gasteiger partial charge in [-0.2, -0.15) is 0 Å². The van der Waals surface area contributed by atoms with Gasteiger partial charge in [-0.25, -0.2) is 4.79 Å². The molecule has 0 fully saturated rings. The average molecular weight is 266 g/mol. The molecule has 0 unspecified atom stereocenters. The summed E-state index contributed by atoms with van der Waals surface area (Å²) in [6, 6.07) is 15.7. The van der Waals surface area contributed by atoms with Crippen molar-refractivity contribution in [3.63, 3.8) is 0 Å². The first kappa shape index (κ1) is 12.2. The molecule has 20 heavy (non-hydrogen) atoms. The number of carboxylic acid groups (broad SMARTS) is 1. The second kappa shape index (κ2) is 4.66. The Morgan fingerprint density at radius 1 is 0.950 bits per heavy atom. The lowest BCUT2D eigenvalue weighted by molar-refractivity contribution is 0.0663. The zero-order valence-electron chi connectivity index (χ0n) is 10.4. The van der Waals surface area contributed by atoms with Gasteiger partial charge in [-0.3, -0.25) is 4.79 Å². The van der Waals surface area contributed by atoms with E-state index in [9.17, 15) is 9.59 Å². The normalized spacial score (nSPS) is 10.6. The molecular weight excluding hydrogens is 256 g/mol. The molecule has 3 aromatic rings. The van der Waals surface area contributed by atoms with Gasteiger partial charge in [0.2, 0.25) is 5.76 Å². The van der Waals surface area contributed by atoms with Gasteiger partial charge in [0.25, 0.3) is 0 Å². The zero-order valence-corrected chi connectivity index (χ0v) is 10.4. The van der Waals surface area contributed by atoms with Crippen molar-refractivity contribution in [1.29, 1.82) is 0 Å². The number of fused-ring (bicyclic) bond motifs is 1. The van der Waals surface area contributed by atoms with E-state index in [-0.39, 0.29) is 16.8 Å². The van der Waals surface area contributed by atoms with Crippen molar-refractivity contribution in [1.82, 2.24) is 0 Å². The minimum atomic E-state index is -1.25. The number of carbonyl (C=O) groups is 1. The van der Waals surface area contributed by atoms with Gasteiger partial charge in [0, 0.05) is 6.07 Å². The maximum atomic E-state index is 12.0. The monoisotopic (exact) mass is 266 g/mol. The molecular formula is C16H10O4. The number of benzene rings is 2. The van der Waals surface area contributed by atoms with Gasteiger partial charge in [-0.05, 0) is 23.3 Å². The number of rotatable bonds is 2. The van der Waals surface area contributed by atoms with Crippen LogP contribution < -0.4 is 5.43 Å². The Kier molecular flexibility index (Phi) is 2.84. The predicted octanol–water partition coefficient (Wildman–Crippen LogP) is 3.16. The summed E-state index contributed by atoms with van der Waals surface area (Å²) in [5.41, 5.74) is 1.78. The summed E-state index contributed by atoms with van der Waals surface area (Å²) >= 11 is 0. The SMILES string of the molecule is O=C(O)c1cc(=O)c2cc(-c3ccccc3)ccc2o1. The Balaban J connectivity index is 2.23. The van der Waals surface area contributed by atoms with Crippen LogP contribution in [0.4, 0.5) is 0 Å². The Morgan fingerprint density at radius 2 is 1.70 bits per heavy atom. The smallest absolute Gasteiger partial charge is 0.371 e. The minimum Gasteiger partial charge on any atom is -0.475 e. The minimum absolute atomic E-state index is 0.273. The van der Waals surface area contributed by atoms with E-state index in [4.69, 9.17) is 9.52 Å². The van der Waals surface area contributed by atoms with Crippen molar-refractivity contribution in [3.8, 4) is 11.1 Å². The second-order valence-electron chi connectivity index (χ2n) is 4.36. The summed E-state index contributed by atoms with van der Waals surface area (Å²) in [5, 5.41) is 9.24. The molecule has 1 heterocycles. The molecule has 3 rings (SSSR count). The molecule has 0 atom stereocenters. The first-order valence-electron chi connectivity index (χ1n) is 6.02. The summed E-state index contributed by atoms with van der Waals surface area (Å²) < 4.78 is 5.20. The molecule has 1 aromatic heterocycles. The van der Waals surface area contributed by atoms with Crippen LogP contribution in [0, 0.1) is 0 Å². The van der Waals surface area contributed by atoms with E-state index in [1.54, 1.807) is 18.2 Å². The van der Waals surface area contributed by atoms with Gasteiger partial charge in [-0.15, -0.1) is 0 Å². The summed E-state index contributed by atoms with van der Waals surface area (Å²) in [6.45, 7) is 0. The highest BCUT2D eigenvalue weighted by atomic mass is 16.4. The molecule has 0 radical (unpaired) electrons. The summed E-state index contributed by atoms with van der Waals surface area (Å²) in [5.74, 6) is -1.61. The molecule has 0 aliphatic heterocycles. The molecule has 0 saturated heterocycles. The number of aromatic carboxylic acids is 1. The molecule has 4 nitrogen and oxygen atoms in total. The van der Waals surface area contributed by atoms with E-state index in [2.05, 4.69) is 0 Å². The second-order valence-corrected chi connectivity index (χ2v) is 4.36. The fourth-order valence-electron chi connectivity index (χ4n) is 2.07. The first-order valence-corrected chi connectivity index (χ1v) is 6.02. The molecule has 0 aliphatic carbocycles. The van der Waals surface area contributed by atoms with Gasteiger partial charge in [0.15, 0.2) is 5.43 Å². The van der Waals surface area contributed by atoms with Crippen LogP contribution in [-0.2, 0) is 0 Å². The van der Waals surface area contributed by atoms with Crippen molar-refractivity contribution < 1.29 is 14.3 Å². The molecule has 4 heteroatoms. The van der Waals surface area contributed by atoms with Crippen LogP contribution in [0.5, 0.6) is 0 Å². The molecule has 0 saturated carbocycles. The number of hydrogen-bond donors (Lipinski definition) is 1. The fraction of sp³-hybridized carbons (Fsp3) is 0. The highest BCUT2D eigenvalue weighted by molar-refractivity contribution is 5.89. The summed E-state index contributed by atoms with van der Waals surface area (Å²) in [6.07, 6.45) is 0. The van der Waals surface area contributed by atoms with E-state index >= 15 is 0 Å². The van der Waals surface area contributed by atoms with Crippen molar-refractivity contribution in [2.45, 2.75) is 0 Å². The van der Waals surface area contributed by atoms with Crippen LogP contribution in [0.2, 0.25) is 0 Å². The molecule has 98 valence electrons. The summed E-state index contributed by atoms with van der Waals surface area (Å²) in [4.78, 5) is 22.8. The zero-order chi connectivity index (χ0) is 14.1. The summed E-state index contributed by atoms with van der Waals surface area (Å²) in [7, 11) is 0.